The van der Waals surface area contributed by atoms with Gasteiger partial charge in [0.15, 0.2) is 0 Å². The predicted molar refractivity (Wildman–Crippen MR) is 105 cm³/mol. The monoisotopic (exact) mass is 457 g/mol. The Morgan fingerprint density at radius 2 is 2.08 bits per heavy atom. The molecule has 0 radical (unpaired) electrons. The van der Waals surface area contributed by atoms with Gasteiger partial charge in [0.1, 0.15) is 5.75 Å². The molecule has 0 fully saturated rings. The Balaban J connectivity index is 2.03. The number of rotatable bonds is 6. The van der Waals surface area contributed by atoms with Crippen molar-refractivity contribution in [3.05, 3.63) is 55.9 Å². The van der Waals surface area contributed by atoms with Gasteiger partial charge in [0.05, 0.1) is 20.6 Å². The van der Waals surface area contributed by atoms with Crippen LogP contribution in [0.4, 0.5) is 8.78 Å². The Bertz CT molecular complexity index is 978. The van der Waals surface area contributed by atoms with Crippen molar-refractivity contribution in [1.29, 1.82) is 0 Å². The molecule has 0 N–H and O–H groups in total. The summed E-state index contributed by atoms with van der Waals surface area (Å²) in [7, 11) is 0. The summed E-state index contributed by atoms with van der Waals surface area (Å²) in [5.74, 6) is 0.0801. The maximum Gasteiger partial charge on any atom is 0.387 e. The van der Waals surface area contributed by atoms with Crippen molar-refractivity contribution in [3.8, 4) is 16.3 Å². The molecular weight excluding hydrogens is 444 g/mol. The number of alkyl halides is 2. The van der Waals surface area contributed by atoms with Crippen LogP contribution < -0.4 is 9.54 Å². The largest absolute Gasteiger partial charge is 0.434 e. The summed E-state index contributed by atoms with van der Waals surface area (Å²) in [4.78, 5) is 6.21. The third kappa shape index (κ3) is 4.46. The second-order valence-corrected chi connectivity index (χ2v) is 8.25. The molecule has 0 saturated carbocycles. The van der Waals surface area contributed by atoms with Crippen LogP contribution in [0.3, 0.4) is 0 Å². The Labute approximate surface area is 165 Å². The molecule has 9 heteroatoms. The lowest BCUT2D eigenvalue weighted by atomic mass is 10.2. The van der Waals surface area contributed by atoms with Crippen molar-refractivity contribution >= 4 is 44.8 Å². The first-order valence-electron chi connectivity index (χ1n) is 7.63. The van der Waals surface area contributed by atoms with Crippen LogP contribution in [0.15, 0.2) is 55.7 Å². The van der Waals surface area contributed by atoms with Crippen LogP contribution in [0.2, 0.25) is 0 Å². The number of benzene rings is 1. The lowest BCUT2D eigenvalue weighted by Crippen LogP contribution is -2.12. The van der Waals surface area contributed by atoms with Gasteiger partial charge < -0.3 is 4.74 Å². The van der Waals surface area contributed by atoms with Crippen LogP contribution in [0.5, 0.6) is 5.75 Å². The van der Waals surface area contributed by atoms with Crippen molar-refractivity contribution in [2.45, 2.75) is 13.5 Å². The molecule has 0 spiro atoms. The molecule has 0 saturated heterocycles. The van der Waals surface area contributed by atoms with E-state index in [1.54, 1.807) is 34.2 Å². The molecule has 0 aliphatic carbocycles. The number of nitrogens with zero attached hydrogens (tertiary/aromatic N) is 3. The molecule has 4 nitrogen and oxygen atoms in total. The third-order valence-corrected chi connectivity index (χ3v) is 5.75. The Morgan fingerprint density at radius 3 is 2.77 bits per heavy atom. The number of hydrogen-bond acceptors (Lipinski definition) is 5. The maximum atomic E-state index is 12.6. The zero-order chi connectivity index (χ0) is 18.5. The van der Waals surface area contributed by atoms with Gasteiger partial charge in [0.2, 0.25) is 4.80 Å². The minimum atomic E-state index is -2.89. The molecule has 0 amide bonds. The quantitative estimate of drug-likeness (QED) is 0.453. The number of hydrogen-bond donors (Lipinski definition) is 0. The first-order chi connectivity index (χ1) is 12.6. The summed E-state index contributed by atoms with van der Waals surface area (Å²) in [5.41, 5.74) is 1.36. The smallest absolute Gasteiger partial charge is 0.387 e. The van der Waals surface area contributed by atoms with Crippen LogP contribution >= 0.6 is 38.6 Å². The van der Waals surface area contributed by atoms with Gasteiger partial charge in [-0.25, -0.2) is 4.68 Å². The van der Waals surface area contributed by atoms with E-state index in [-0.39, 0.29) is 5.75 Å². The number of halogens is 3. The predicted octanol–water partition coefficient (Wildman–Crippen LogP) is 5.44. The summed E-state index contributed by atoms with van der Waals surface area (Å²) < 4.78 is 32.4. The molecule has 136 valence electrons. The second-order valence-electron chi connectivity index (χ2n) is 4.95. The average molecular weight is 458 g/mol. The summed E-state index contributed by atoms with van der Waals surface area (Å²) in [6.45, 7) is -0.321. The fourth-order valence-electron chi connectivity index (χ4n) is 2.19. The highest BCUT2D eigenvalue weighted by Gasteiger charge is 2.11. The minimum absolute atomic E-state index is 0.0801. The lowest BCUT2D eigenvalue weighted by Gasteiger charge is -2.07. The first-order valence-corrected chi connectivity index (χ1v) is 10.1. The van der Waals surface area contributed by atoms with Crippen LogP contribution in [0, 0.1) is 0 Å². The average Bonchev–Trinajstić information content (AvgIpc) is 3.20. The van der Waals surface area contributed by atoms with E-state index in [9.17, 15) is 8.78 Å². The van der Waals surface area contributed by atoms with E-state index in [4.69, 9.17) is 0 Å². The van der Waals surface area contributed by atoms with E-state index in [1.165, 1.54) is 23.6 Å². The van der Waals surface area contributed by atoms with Crippen LogP contribution in [0.25, 0.3) is 10.6 Å². The number of thiophene rings is 1. The zero-order valence-corrected chi connectivity index (χ0v) is 16.8. The fourth-order valence-corrected chi connectivity index (χ4v) is 4.54. The molecule has 2 aromatic heterocycles. The zero-order valence-electron chi connectivity index (χ0n) is 13.6. The fraction of sp³-hybridized carbons (Fsp3) is 0.176. The van der Waals surface area contributed by atoms with Crippen LogP contribution in [0.1, 0.15) is 12.5 Å². The van der Waals surface area contributed by atoms with E-state index in [0.717, 1.165) is 19.2 Å². The number of ether oxygens (including phenoxy) is 1. The van der Waals surface area contributed by atoms with Gasteiger partial charge in [0, 0.05) is 17.5 Å². The Kier molecular flexibility index (Phi) is 6.33. The van der Waals surface area contributed by atoms with Gasteiger partial charge in [-0.15, -0.1) is 22.7 Å². The Morgan fingerprint density at radius 1 is 1.27 bits per heavy atom. The molecule has 0 atom stereocenters. The molecule has 3 aromatic rings. The molecule has 0 aliphatic heterocycles. The van der Waals surface area contributed by atoms with E-state index in [1.807, 2.05) is 24.4 Å². The topological polar surface area (TPSA) is 38.9 Å². The summed E-state index contributed by atoms with van der Waals surface area (Å²) in [6.07, 6.45) is 1.51. The standard InChI is InChI=1S/C17H14BrF2N3OS2/c1-2-21-17-23(12(10-25-17)14-7-8-15(18)26-14)22-9-11-5-3-4-6-13(11)24-16(19)20/h3-10,16H,2H2,1H3/b21-17?,22-9+. The third-order valence-electron chi connectivity index (χ3n) is 3.25. The lowest BCUT2D eigenvalue weighted by molar-refractivity contribution is -0.0499. The normalized spacial score (nSPS) is 12.4. The minimum Gasteiger partial charge on any atom is -0.434 e. The highest BCUT2D eigenvalue weighted by atomic mass is 79.9. The number of aromatic nitrogens is 1. The number of thiazole rings is 1. The summed E-state index contributed by atoms with van der Waals surface area (Å²) in [5, 5.41) is 6.46. The first kappa shape index (κ1) is 18.9. The van der Waals surface area contributed by atoms with Crippen molar-refractivity contribution < 1.29 is 13.5 Å². The van der Waals surface area contributed by atoms with Gasteiger partial charge >= 0.3 is 6.61 Å². The molecular formula is C17H14BrF2N3OS2. The number of para-hydroxylation sites is 1. The van der Waals surface area contributed by atoms with Gasteiger partial charge in [-0.3, -0.25) is 4.99 Å². The Hall–Kier alpha value is -1.84. The molecule has 3 rings (SSSR count). The molecule has 26 heavy (non-hydrogen) atoms. The molecule has 1 aromatic carbocycles. The van der Waals surface area contributed by atoms with E-state index in [0.29, 0.717) is 12.1 Å². The van der Waals surface area contributed by atoms with E-state index in [2.05, 4.69) is 30.8 Å². The van der Waals surface area contributed by atoms with Crippen LogP contribution in [-0.2, 0) is 0 Å². The molecule has 2 heterocycles. The van der Waals surface area contributed by atoms with Crippen LogP contribution in [-0.4, -0.2) is 24.0 Å². The summed E-state index contributed by atoms with van der Waals surface area (Å²) in [6, 6.07) is 10.5. The molecule has 0 bridgehead atoms. The summed E-state index contributed by atoms with van der Waals surface area (Å²) >= 11 is 6.52. The van der Waals surface area contributed by atoms with Crippen molar-refractivity contribution in [2.75, 3.05) is 6.54 Å². The highest BCUT2D eigenvalue weighted by Crippen LogP contribution is 2.31. The SMILES string of the molecule is CCN=c1scc(-c2ccc(Br)s2)n1/N=C/c1ccccc1OC(F)F. The second kappa shape index (κ2) is 8.70. The van der Waals surface area contributed by atoms with Crippen molar-refractivity contribution in [1.82, 2.24) is 4.68 Å². The van der Waals surface area contributed by atoms with Crippen molar-refractivity contribution in [3.63, 3.8) is 0 Å². The van der Waals surface area contributed by atoms with Gasteiger partial charge in [0.25, 0.3) is 0 Å². The van der Waals surface area contributed by atoms with Gasteiger partial charge in [-0.2, -0.15) is 13.9 Å². The molecule has 0 unspecified atom stereocenters. The van der Waals surface area contributed by atoms with Gasteiger partial charge in [-0.05, 0) is 47.1 Å². The van der Waals surface area contributed by atoms with E-state index >= 15 is 0 Å². The highest BCUT2D eigenvalue weighted by molar-refractivity contribution is 9.11. The van der Waals surface area contributed by atoms with Gasteiger partial charge in [-0.1, -0.05) is 12.1 Å². The molecule has 0 aliphatic rings. The van der Waals surface area contributed by atoms with E-state index < -0.39 is 6.61 Å². The van der Waals surface area contributed by atoms with Crippen molar-refractivity contribution in [2.24, 2.45) is 10.1 Å². The maximum absolute atomic E-state index is 12.6.